The molecule has 0 saturated carbocycles. The van der Waals surface area contributed by atoms with E-state index in [2.05, 4.69) is 21.1 Å². The van der Waals surface area contributed by atoms with Gasteiger partial charge in [-0.2, -0.15) is 10.4 Å². The standard InChI is InChI=1S/C22H19N5O/c1-14-17(15(2)27(26-14)20-10-6-7-11-21(20)28-3)12-16(13-23)22-24-18-8-4-5-9-19(18)25-22/h4-12H,1-3H3,(H,24,25)/b16-12+. The lowest BCUT2D eigenvalue weighted by Gasteiger charge is -2.09. The van der Waals surface area contributed by atoms with E-state index in [0.29, 0.717) is 11.4 Å². The van der Waals surface area contributed by atoms with E-state index in [1.165, 1.54) is 0 Å². The summed E-state index contributed by atoms with van der Waals surface area (Å²) < 4.78 is 7.31. The van der Waals surface area contributed by atoms with Crippen molar-refractivity contribution in [1.29, 1.82) is 5.26 Å². The lowest BCUT2D eigenvalue weighted by Crippen LogP contribution is -2.01. The largest absolute Gasteiger partial charge is 0.494 e. The van der Waals surface area contributed by atoms with Crippen LogP contribution in [0.2, 0.25) is 0 Å². The van der Waals surface area contributed by atoms with Gasteiger partial charge in [0.1, 0.15) is 23.3 Å². The second-order valence-corrected chi connectivity index (χ2v) is 6.44. The molecule has 6 heteroatoms. The predicted molar refractivity (Wildman–Crippen MR) is 109 cm³/mol. The first-order valence-corrected chi connectivity index (χ1v) is 8.89. The molecule has 6 nitrogen and oxygen atoms in total. The normalized spacial score (nSPS) is 11.6. The topological polar surface area (TPSA) is 79.5 Å². The van der Waals surface area contributed by atoms with Gasteiger partial charge in [-0.25, -0.2) is 9.67 Å². The number of hydrogen-bond donors (Lipinski definition) is 1. The Morgan fingerprint density at radius 1 is 1.14 bits per heavy atom. The number of fused-ring (bicyclic) bond motifs is 1. The van der Waals surface area contributed by atoms with Gasteiger partial charge in [-0.1, -0.05) is 24.3 Å². The van der Waals surface area contributed by atoms with E-state index in [4.69, 9.17) is 4.74 Å². The van der Waals surface area contributed by atoms with Crippen molar-refractivity contribution in [3.05, 3.63) is 71.3 Å². The number of aromatic amines is 1. The van der Waals surface area contributed by atoms with E-state index >= 15 is 0 Å². The molecular formula is C22H19N5O. The SMILES string of the molecule is COc1ccccc1-n1nc(C)c(/C=C(\C#N)c2nc3ccccc3[nH]2)c1C. The molecule has 28 heavy (non-hydrogen) atoms. The molecule has 0 bridgehead atoms. The molecule has 0 radical (unpaired) electrons. The summed E-state index contributed by atoms with van der Waals surface area (Å²) in [5.74, 6) is 1.29. The highest BCUT2D eigenvalue weighted by molar-refractivity contribution is 5.91. The van der Waals surface area contributed by atoms with Crippen LogP contribution >= 0.6 is 0 Å². The van der Waals surface area contributed by atoms with Gasteiger partial charge in [-0.05, 0) is 44.2 Å². The fraction of sp³-hybridized carbons (Fsp3) is 0.136. The molecule has 4 rings (SSSR count). The molecule has 1 N–H and O–H groups in total. The maximum absolute atomic E-state index is 9.73. The van der Waals surface area contributed by atoms with Crippen LogP contribution in [0.5, 0.6) is 5.75 Å². The number of rotatable bonds is 4. The number of allylic oxidation sites excluding steroid dienone is 1. The Bertz CT molecular complexity index is 1210. The Morgan fingerprint density at radius 2 is 1.89 bits per heavy atom. The lowest BCUT2D eigenvalue weighted by atomic mass is 10.1. The van der Waals surface area contributed by atoms with E-state index in [9.17, 15) is 5.26 Å². The van der Waals surface area contributed by atoms with Gasteiger partial charge in [0.15, 0.2) is 0 Å². The van der Waals surface area contributed by atoms with Crippen molar-refractivity contribution in [1.82, 2.24) is 19.7 Å². The van der Waals surface area contributed by atoms with E-state index in [-0.39, 0.29) is 0 Å². The van der Waals surface area contributed by atoms with Crippen LogP contribution in [-0.2, 0) is 0 Å². The number of methoxy groups -OCH3 is 1. The highest BCUT2D eigenvalue weighted by Gasteiger charge is 2.16. The summed E-state index contributed by atoms with van der Waals surface area (Å²) >= 11 is 0. The van der Waals surface area contributed by atoms with Crippen LogP contribution in [0.4, 0.5) is 0 Å². The predicted octanol–water partition coefficient (Wildman–Crippen LogP) is 4.44. The maximum Gasteiger partial charge on any atom is 0.149 e. The minimum atomic E-state index is 0.460. The number of H-pyrrole nitrogens is 1. The molecule has 4 aromatic rings. The van der Waals surface area contributed by atoms with Gasteiger partial charge in [-0.3, -0.25) is 0 Å². The number of nitrogens with one attached hydrogen (secondary N) is 1. The monoisotopic (exact) mass is 369 g/mol. The van der Waals surface area contributed by atoms with Crippen molar-refractivity contribution in [3.63, 3.8) is 0 Å². The fourth-order valence-corrected chi connectivity index (χ4v) is 3.28. The highest BCUT2D eigenvalue weighted by atomic mass is 16.5. The molecule has 0 amide bonds. The Balaban J connectivity index is 1.83. The van der Waals surface area contributed by atoms with Crippen molar-refractivity contribution in [2.45, 2.75) is 13.8 Å². The first kappa shape index (κ1) is 17.6. The van der Waals surface area contributed by atoms with Crippen LogP contribution in [-0.4, -0.2) is 26.9 Å². The van der Waals surface area contributed by atoms with Gasteiger partial charge in [0.05, 0.1) is 29.4 Å². The van der Waals surface area contributed by atoms with Crippen LogP contribution in [0.25, 0.3) is 28.4 Å². The van der Waals surface area contributed by atoms with Gasteiger partial charge >= 0.3 is 0 Å². The quantitative estimate of drug-likeness (QED) is 0.539. The average Bonchev–Trinajstić information content (AvgIpc) is 3.27. The van der Waals surface area contributed by atoms with Crippen LogP contribution in [0, 0.1) is 25.2 Å². The third-order valence-electron chi connectivity index (χ3n) is 4.71. The number of aryl methyl sites for hydroxylation is 1. The summed E-state index contributed by atoms with van der Waals surface area (Å²) in [6.07, 6.45) is 1.83. The van der Waals surface area contributed by atoms with Gasteiger partial charge in [-0.15, -0.1) is 0 Å². The zero-order valence-corrected chi connectivity index (χ0v) is 15.9. The molecule has 2 heterocycles. The highest BCUT2D eigenvalue weighted by Crippen LogP contribution is 2.28. The molecule has 138 valence electrons. The van der Waals surface area contributed by atoms with E-state index in [1.807, 2.05) is 73.1 Å². The molecule has 2 aromatic carbocycles. The number of nitriles is 1. The first-order valence-electron chi connectivity index (χ1n) is 8.89. The summed E-state index contributed by atoms with van der Waals surface area (Å²) in [4.78, 5) is 7.75. The Kier molecular flexibility index (Phi) is 4.42. The zero-order chi connectivity index (χ0) is 19.7. The first-order chi connectivity index (χ1) is 13.6. The van der Waals surface area contributed by atoms with Gasteiger partial charge in [0.25, 0.3) is 0 Å². The van der Waals surface area contributed by atoms with Crippen LogP contribution in [0.3, 0.4) is 0 Å². The molecule has 0 saturated heterocycles. The van der Waals surface area contributed by atoms with E-state index < -0.39 is 0 Å². The maximum atomic E-state index is 9.73. The Hall–Kier alpha value is -3.85. The molecule has 0 unspecified atom stereocenters. The number of benzene rings is 2. The summed E-state index contributed by atoms with van der Waals surface area (Å²) in [7, 11) is 1.64. The molecule has 0 aliphatic carbocycles. The smallest absolute Gasteiger partial charge is 0.149 e. The third-order valence-corrected chi connectivity index (χ3v) is 4.71. The second-order valence-electron chi connectivity index (χ2n) is 6.44. The van der Waals surface area contributed by atoms with Crippen LogP contribution < -0.4 is 4.74 Å². The Labute approximate surface area is 162 Å². The summed E-state index contributed by atoms with van der Waals surface area (Å²) in [6.45, 7) is 3.91. The summed E-state index contributed by atoms with van der Waals surface area (Å²) in [6, 6.07) is 17.7. The van der Waals surface area contributed by atoms with Crippen molar-refractivity contribution >= 4 is 22.7 Å². The molecule has 0 atom stereocenters. The van der Waals surface area contributed by atoms with Crippen molar-refractivity contribution in [2.75, 3.05) is 7.11 Å². The second kappa shape index (κ2) is 7.05. The van der Waals surface area contributed by atoms with Crippen molar-refractivity contribution in [3.8, 4) is 17.5 Å². The van der Waals surface area contributed by atoms with Crippen LogP contribution in [0.1, 0.15) is 22.8 Å². The van der Waals surface area contributed by atoms with Crippen molar-refractivity contribution < 1.29 is 4.74 Å². The number of hydrogen-bond acceptors (Lipinski definition) is 4. The van der Waals surface area contributed by atoms with Crippen LogP contribution in [0.15, 0.2) is 48.5 Å². The molecule has 0 fully saturated rings. The van der Waals surface area contributed by atoms with Gasteiger partial charge in [0.2, 0.25) is 0 Å². The molecule has 0 aliphatic rings. The minimum absolute atomic E-state index is 0.460. The summed E-state index contributed by atoms with van der Waals surface area (Å²) in [5, 5.41) is 14.4. The number of ether oxygens (including phenoxy) is 1. The number of para-hydroxylation sites is 4. The van der Waals surface area contributed by atoms with Crippen molar-refractivity contribution in [2.24, 2.45) is 0 Å². The molecule has 2 aromatic heterocycles. The average molecular weight is 369 g/mol. The molecule has 0 aliphatic heterocycles. The number of imidazole rings is 1. The van der Waals surface area contributed by atoms with Gasteiger partial charge < -0.3 is 9.72 Å². The molecular weight excluding hydrogens is 350 g/mol. The minimum Gasteiger partial charge on any atom is -0.494 e. The zero-order valence-electron chi connectivity index (χ0n) is 15.9. The van der Waals surface area contributed by atoms with E-state index in [1.54, 1.807) is 7.11 Å². The lowest BCUT2D eigenvalue weighted by molar-refractivity contribution is 0.411. The van der Waals surface area contributed by atoms with Gasteiger partial charge in [0, 0.05) is 11.3 Å². The van der Waals surface area contributed by atoms with E-state index in [0.717, 1.165) is 39.4 Å². The summed E-state index contributed by atoms with van der Waals surface area (Å²) in [5.41, 5.74) is 5.68. The Morgan fingerprint density at radius 3 is 2.64 bits per heavy atom. The molecule has 0 spiro atoms. The fourth-order valence-electron chi connectivity index (χ4n) is 3.28. The number of nitrogens with zero attached hydrogens (tertiary/aromatic N) is 4. The number of aromatic nitrogens is 4. The third kappa shape index (κ3) is 2.93.